The molecule has 1 aliphatic heterocycles. The second kappa shape index (κ2) is 11.0. The van der Waals surface area contributed by atoms with E-state index in [4.69, 9.17) is 0 Å². The summed E-state index contributed by atoms with van der Waals surface area (Å²) in [6, 6.07) is 10.7. The second-order valence-electron chi connectivity index (χ2n) is 11.3. The fraction of sp³-hybridized carbons (Fsp3) is 0.607. The highest BCUT2D eigenvalue weighted by atomic mass is 16.3. The molecule has 2 bridgehead atoms. The lowest BCUT2D eigenvalue weighted by molar-refractivity contribution is 0.0302. The molecule has 8 heteroatoms. The molecule has 3 aliphatic rings. The quantitative estimate of drug-likeness (QED) is 0.378. The predicted octanol–water partition coefficient (Wildman–Crippen LogP) is 4.00. The molecule has 2 aliphatic carbocycles. The topological polar surface area (TPSA) is 118 Å². The molecule has 4 atom stereocenters. The van der Waals surface area contributed by atoms with Gasteiger partial charge in [-0.2, -0.15) is 10.2 Å². The number of phenols is 1. The van der Waals surface area contributed by atoms with Crippen LogP contribution in [0, 0.1) is 28.6 Å². The van der Waals surface area contributed by atoms with Gasteiger partial charge in [0, 0.05) is 30.7 Å². The minimum atomic E-state index is 0.170. The molecule has 36 heavy (non-hydrogen) atoms. The van der Waals surface area contributed by atoms with Crippen molar-refractivity contribution in [3.05, 3.63) is 41.6 Å². The van der Waals surface area contributed by atoms with E-state index in [0.29, 0.717) is 36.0 Å². The molecule has 2 unspecified atom stereocenters. The molecular weight excluding hydrogens is 450 g/mol. The molecule has 192 valence electrons. The van der Waals surface area contributed by atoms with Crippen molar-refractivity contribution in [3.63, 3.8) is 0 Å². The molecule has 2 aromatic rings. The fourth-order valence-electron chi connectivity index (χ4n) is 6.69. The highest BCUT2D eigenvalue weighted by molar-refractivity contribution is 5.53. The Bertz CT molecular complexity index is 1060. The summed E-state index contributed by atoms with van der Waals surface area (Å²) in [7, 11) is 0. The van der Waals surface area contributed by atoms with Gasteiger partial charge in [0.05, 0.1) is 6.20 Å². The van der Waals surface area contributed by atoms with Gasteiger partial charge in [-0.1, -0.05) is 31.5 Å². The van der Waals surface area contributed by atoms with Crippen LogP contribution in [0.2, 0.25) is 0 Å². The van der Waals surface area contributed by atoms with Crippen LogP contribution in [0.4, 0.5) is 11.8 Å². The van der Waals surface area contributed by atoms with Gasteiger partial charge in [0.1, 0.15) is 23.2 Å². The highest BCUT2D eigenvalue weighted by Gasteiger charge is 2.45. The van der Waals surface area contributed by atoms with E-state index in [-0.39, 0.29) is 11.2 Å². The molecule has 0 radical (unpaired) electrons. The van der Waals surface area contributed by atoms with Gasteiger partial charge in [0.25, 0.3) is 0 Å². The van der Waals surface area contributed by atoms with E-state index in [1.165, 1.54) is 44.9 Å². The zero-order chi connectivity index (χ0) is 25.0. The van der Waals surface area contributed by atoms with Crippen LogP contribution in [0.15, 0.2) is 30.5 Å². The minimum absolute atomic E-state index is 0.170. The molecular formula is C28H39N7O. The summed E-state index contributed by atoms with van der Waals surface area (Å²) in [5, 5.41) is 33.9. The van der Waals surface area contributed by atoms with Crippen molar-refractivity contribution in [2.75, 3.05) is 30.3 Å². The third-order valence-electron chi connectivity index (χ3n) is 8.46. The van der Waals surface area contributed by atoms with E-state index in [2.05, 4.69) is 44.2 Å². The number of nitrogens with one attached hydrogen (secondary N) is 4. The van der Waals surface area contributed by atoms with E-state index >= 15 is 0 Å². The number of phenolic OH excluding ortho intramolecular Hbond substituents is 1. The molecule has 8 nitrogen and oxygen atoms in total. The summed E-state index contributed by atoms with van der Waals surface area (Å²) < 4.78 is 0. The lowest BCUT2D eigenvalue weighted by Gasteiger charge is -2.52. The normalized spacial score (nSPS) is 28.3. The molecule has 0 amide bonds. The van der Waals surface area contributed by atoms with Crippen LogP contribution in [-0.4, -0.2) is 46.8 Å². The molecule has 2 saturated carbocycles. The van der Waals surface area contributed by atoms with Gasteiger partial charge >= 0.3 is 0 Å². The van der Waals surface area contributed by atoms with Gasteiger partial charge in [-0.3, -0.25) is 0 Å². The summed E-state index contributed by atoms with van der Waals surface area (Å²) in [5.41, 5.74) is 1.39. The Hall–Kier alpha value is -2.89. The van der Waals surface area contributed by atoms with Crippen LogP contribution in [0.1, 0.15) is 63.0 Å². The Labute approximate surface area is 214 Å². The highest BCUT2D eigenvalue weighted by Crippen LogP contribution is 2.49. The number of benzene rings is 1. The molecule has 1 aromatic heterocycles. The van der Waals surface area contributed by atoms with E-state index < -0.39 is 0 Å². The van der Waals surface area contributed by atoms with Crippen molar-refractivity contribution < 1.29 is 5.11 Å². The Morgan fingerprint density at radius 3 is 2.58 bits per heavy atom. The zero-order valence-corrected chi connectivity index (χ0v) is 21.3. The van der Waals surface area contributed by atoms with Crippen LogP contribution in [0.3, 0.4) is 0 Å². The Morgan fingerprint density at radius 1 is 1.11 bits per heavy atom. The Balaban J connectivity index is 1.22. The maximum absolute atomic E-state index is 10.0. The third kappa shape index (κ3) is 5.74. The van der Waals surface area contributed by atoms with E-state index in [9.17, 15) is 10.4 Å². The maximum Gasteiger partial charge on any atom is 0.224 e. The summed E-state index contributed by atoms with van der Waals surface area (Å²) in [4.78, 5) is 8.91. The molecule has 2 heterocycles. The zero-order valence-electron chi connectivity index (χ0n) is 21.3. The fourth-order valence-corrected chi connectivity index (χ4v) is 6.69. The molecule has 3 fully saturated rings. The van der Waals surface area contributed by atoms with Crippen LogP contribution < -0.4 is 21.3 Å². The van der Waals surface area contributed by atoms with Gasteiger partial charge < -0.3 is 26.4 Å². The lowest BCUT2D eigenvalue weighted by Crippen LogP contribution is -2.56. The molecule has 1 saturated heterocycles. The number of hydrogen-bond acceptors (Lipinski definition) is 8. The Kier molecular flexibility index (Phi) is 7.59. The average Bonchev–Trinajstić information content (AvgIpc) is 2.88. The first kappa shape index (κ1) is 24.8. The summed E-state index contributed by atoms with van der Waals surface area (Å²) in [5.74, 6) is 2.69. The van der Waals surface area contributed by atoms with Crippen LogP contribution in [0.5, 0.6) is 5.75 Å². The van der Waals surface area contributed by atoms with Crippen LogP contribution in [-0.2, 0) is 6.54 Å². The number of rotatable bonds is 8. The van der Waals surface area contributed by atoms with Crippen molar-refractivity contribution in [2.45, 2.75) is 70.5 Å². The number of anilines is 2. The van der Waals surface area contributed by atoms with E-state index in [1.54, 1.807) is 18.3 Å². The SMILES string of the molecule is CC1(CNc2nc(NCc3ccccc3O)ncc2C#N)C[C@H]2CCC[C@@H](C1)C2NC1CCNCC1. The first-order valence-electron chi connectivity index (χ1n) is 13.5. The number of aromatic nitrogens is 2. The van der Waals surface area contributed by atoms with Crippen molar-refractivity contribution in [3.8, 4) is 11.8 Å². The van der Waals surface area contributed by atoms with Gasteiger partial charge in [-0.25, -0.2) is 4.98 Å². The lowest BCUT2D eigenvalue weighted by atomic mass is 9.59. The summed E-state index contributed by atoms with van der Waals surface area (Å²) >= 11 is 0. The van der Waals surface area contributed by atoms with Crippen LogP contribution >= 0.6 is 0 Å². The predicted molar refractivity (Wildman–Crippen MR) is 142 cm³/mol. The smallest absolute Gasteiger partial charge is 0.224 e. The van der Waals surface area contributed by atoms with Crippen LogP contribution in [0.25, 0.3) is 0 Å². The average molecular weight is 490 g/mol. The van der Waals surface area contributed by atoms with E-state index in [1.807, 2.05) is 12.1 Å². The number of nitrogens with zero attached hydrogens (tertiary/aromatic N) is 3. The first-order valence-corrected chi connectivity index (χ1v) is 13.5. The minimum Gasteiger partial charge on any atom is -0.508 e. The number of para-hydroxylation sites is 1. The molecule has 5 rings (SSSR count). The van der Waals surface area contributed by atoms with Gasteiger partial charge in [-0.15, -0.1) is 0 Å². The number of fused-ring (bicyclic) bond motifs is 2. The van der Waals surface area contributed by atoms with Crippen molar-refractivity contribution in [1.29, 1.82) is 5.26 Å². The van der Waals surface area contributed by atoms with Gasteiger partial charge in [0.15, 0.2) is 0 Å². The van der Waals surface area contributed by atoms with Gasteiger partial charge in [0.2, 0.25) is 5.95 Å². The number of nitriles is 1. The largest absolute Gasteiger partial charge is 0.508 e. The number of aromatic hydroxyl groups is 1. The summed E-state index contributed by atoms with van der Waals surface area (Å²) in [6.07, 6.45) is 10.4. The molecule has 0 spiro atoms. The molecule has 5 N–H and O–H groups in total. The number of hydrogen-bond donors (Lipinski definition) is 5. The summed E-state index contributed by atoms with van der Waals surface area (Å²) in [6.45, 7) is 5.86. The Morgan fingerprint density at radius 2 is 1.86 bits per heavy atom. The van der Waals surface area contributed by atoms with E-state index in [0.717, 1.165) is 37.0 Å². The number of piperidine rings is 1. The first-order chi connectivity index (χ1) is 17.5. The standard InChI is InChI=1S/C28H39N7O/c1-28(13-19-6-4-7-20(14-28)25(19)34-23-9-11-30-12-10-23)18-33-26-22(15-29)17-32-27(35-26)31-16-21-5-2-3-8-24(21)36/h2-3,5,8,17,19-20,23,25,30,34,36H,4,6-7,9-14,16,18H2,1H3,(H2,31,32,33,35)/t19-,20+,25?,28?. The maximum atomic E-state index is 10.0. The van der Waals surface area contributed by atoms with Crippen molar-refractivity contribution >= 4 is 11.8 Å². The monoisotopic (exact) mass is 489 g/mol. The third-order valence-corrected chi connectivity index (χ3v) is 8.46. The van der Waals surface area contributed by atoms with Crippen molar-refractivity contribution in [1.82, 2.24) is 20.6 Å². The van der Waals surface area contributed by atoms with Crippen molar-refractivity contribution in [2.24, 2.45) is 17.3 Å². The second-order valence-corrected chi connectivity index (χ2v) is 11.3. The molecule has 1 aromatic carbocycles. The van der Waals surface area contributed by atoms with Gasteiger partial charge in [-0.05, 0) is 74.9 Å².